The standard InChI is InChI=1S/C30H34N4O3S/c1-4-24-20-25-26(31-29(32-27(25)38-24)37-19-14-30(2,3)36)33-15-17-34(18-16-33)28(35)23-12-10-22(11-13-23)21-8-6-5-7-9-21/h5-13,20,36H,4,14-19H2,1-3H3. The Bertz CT molecular complexity index is 1390. The molecular weight excluding hydrogens is 496 g/mol. The number of fused-ring (bicyclic) bond motifs is 1. The molecule has 0 bridgehead atoms. The number of piperazine rings is 1. The van der Waals surface area contributed by atoms with E-state index in [4.69, 9.17) is 9.72 Å². The summed E-state index contributed by atoms with van der Waals surface area (Å²) in [7, 11) is 0. The summed E-state index contributed by atoms with van der Waals surface area (Å²) in [4.78, 5) is 28.9. The third-order valence-corrected chi connectivity index (χ3v) is 7.98. The summed E-state index contributed by atoms with van der Waals surface area (Å²) in [6, 6.07) is 20.5. The van der Waals surface area contributed by atoms with Crippen molar-refractivity contribution in [3.63, 3.8) is 0 Å². The molecule has 1 saturated heterocycles. The van der Waals surface area contributed by atoms with Crippen LogP contribution in [-0.2, 0) is 6.42 Å². The largest absolute Gasteiger partial charge is 0.463 e. The zero-order chi connectivity index (χ0) is 26.7. The molecule has 7 nitrogen and oxygen atoms in total. The second kappa shape index (κ2) is 11.1. The van der Waals surface area contributed by atoms with Crippen LogP contribution in [0.15, 0.2) is 60.7 Å². The first-order valence-electron chi connectivity index (χ1n) is 13.2. The quantitative estimate of drug-likeness (QED) is 0.328. The van der Waals surface area contributed by atoms with Crippen molar-refractivity contribution in [1.29, 1.82) is 0 Å². The number of ether oxygens (including phenoxy) is 1. The van der Waals surface area contributed by atoms with Gasteiger partial charge >= 0.3 is 6.01 Å². The monoisotopic (exact) mass is 530 g/mol. The molecule has 0 atom stereocenters. The molecule has 1 fully saturated rings. The van der Waals surface area contributed by atoms with Crippen LogP contribution >= 0.6 is 11.3 Å². The molecule has 38 heavy (non-hydrogen) atoms. The number of thiophene rings is 1. The van der Waals surface area contributed by atoms with Gasteiger partial charge in [-0.1, -0.05) is 49.4 Å². The van der Waals surface area contributed by atoms with Crippen LogP contribution in [-0.4, -0.2) is 64.3 Å². The van der Waals surface area contributed by atoms with Crippen LogP contribution in [0, 0.1) is 0 Å². The highest BCUT2D eigenvalue weighted by Crippen LogP contribution is 2.33. The first kappa shape index (κ1) is 26.1. The van der Waals surface area contributed by atoms with Crippen LogP contribution in [0.2, 0.25) is 0 Å². The second-order valence-corrected chi connectivity index (χ2v) is 11.4. The minimum Gasteiger partial charge on any atom is -0.463 e. The Hall–Kier alpha value is -3.49. The molecule has 5 rings (SSSR count). The average Bonchev–Trinajstić information content (AvgIpc) is 3.36. The first-order valence-corrected chi connectivity index (χ1v) is 14.0. The molecule has 8 heteroatoms. The van der Waals surface area contributed by atoms with Gasteiger partial charge in [0.15, 0.2) is 0 Å². The zero-order valence-electron chi connectivity index (χ0n) is 22.2. The van der Waals surface area contributed by atoms with Crippen molar-refractivity contribution in [2.75, 3.05) is 37.7 Å². The maximum atomic E-state index is 13.2. The van der Waals surface area contributed by atoms with E-state index in [2.05, 4.69) is 35.0 Å². The number of benzene rings is 2. The Labute approximate surface area is 227 Å². The minimum absolute atomic E-state index is 0.0524. The lowest BCUT2D eigenvalue weighted by atomic mass is 10.0. The third-order valence-electron chi connectivity index (χ3n) is 6.80. The van der Waals surface area contributed by atoms with Crippen molar-refractivity contribution in [3.05, 3.63) is 71.1 Å². The summed E-state index contributed by atoms with van der Waals surface area (Å²) in [6.07, 6.45) is 1.42. The summed E-state index contributed by atoms with van der Waals surface area (Å²) in [5.41, 5.74) is 2.13. The number of carbonyl (C=O) groups is 1. The molecular formula is C30H34N4O3S. The summed E-state index contributed by atoms with van der Waals surface area (Å²) in [5, 5.41) is 11.0. The number of nitrogens with zero attached hydrogens (tertiary/aromatic N) is 4. The van der Waals surface area contributed by atoms with E-state index in [0.29, 0.717) is 50.8 Å². The van der Waals surface area contributed by atoms with E-state index in [9.17, 15) is 9.90 Å². The number of aryl methyl sites for hydroxylation is 1. The lowest BCUT2D eigenvalue weighted by molar-refractivity contribution is 0.0539. The lowest BCUT2D eigenvalue weighted by Crippen LogP contribution is -2.49. The van der Waals surface area contributed by atoms with Crippen molar-refractivity contribution in [1.82, 2.24) is 14.9 Å². The maximum Gasteiger partial charge on any atom is 0.319 e. The summed E-state index contributed by atoms with van der Waals surface area (Å²) in [6.45, 7) is 8.59. The molecule has 1 N–H and O–H groups in total. The number of amides is 1. The van der Waals surface area contributed by atoms with E-state index in [1.807, 2.05) is 47.4 Å². The summed E-state index contributed by atoms with van der Waals surface area (Å²) < 4.78 is 5.86. The minimum atomic E-state index is -0.810. The number of aliphatic hydroxyl groups is 1. The molecule has 0 unspecified atom stereocenters. The third kappa shape index (κ3) is 5.97. The van der Waals surface area contributed by atoms with Gasteiger partial charge in [-0.05, 0) is 49.6 Å². The van der Waals surface area contributed by atoms with E-state index < -0.39 is 5.60 Å². The number of anilines is 1. The fourth-order valence-electron chi connectivity index (χ4n) is 4.55. The number of hydrogen-bond donors (Lipinski definition) is 1. The highest BCUT2D eigenvalue weighted by atomic mass is 32.1. The van der Waals surface area contributed by atoms with Crippen LogP contribution in [0.5, 0.6) is 6.01 Å². The molecule has 2 aromatic carbocycles. The Kier molecular flexibility index (Phi) is 7.63. The molecule has 1 aliphatic heterocycles. The summed E-state index contributed by atoms with van der Waals surface area (Å²) >= 11 is 1.66. The van der Waals surface area contributed by atoms with Gasteiger partial charge in [-0.15, -0.1) is 11.3 Å². The maximum absolute atomic E-state index is 13.2. The first-order chi connectivity index (χ1) is 18.3. The van der Waals surface area contributed by atoms with Crippen molar-refractivity contribution < 1.29 is 14.6 Å². The predicted molar refractivity (Wildman–Crippen MR) is 153 cm³/mol. The zero-order valence-corrected chi connectivity index (χ0v) is 23.0. The van der Waals surface area contributed by atoms with Crippen molar-refractivity contribution >= 4 is 33.3 Å². The van der Waals surface area contributed by atoms with Gasteiger partial charge < -0.3 is 19.6 Å². The molecule has 1 aliphatic rings. The highest BCUT2D eigenvalue weighted by molar-refractivity contribution is 7.18. The lowest BCUT2D eigenvalue weighted by Gasteiger charge is -2.35. The second-order valence-electron chi connectivity index (χ2n) is 10.2. The molecule has 0 spiro atoms. The van der Waals surface area contributed by atoms with Crippen LogP contribution < -0.4 is 9.64 Å². The SMILES string of the molecule is CCc1cc2c(N3CCN(C(=O)c4ccc(-c5ccccc5)cc4)CC3)nc(OCCC(C)(C)O)nc2s1. The van der Waals surface area contributed by atoms with Gasteiger partial charge in [0.2, 0.25) is 0 Å². The van der Waals surface area contributed by atoms with Crippen molar-refractivity contribution in [2.45, 2.75) is 39.2 Å². The van der Waals surface area contributed by atoms with Gasteiger partial charge in [-0.2, -0.15) is 9.97 Å². The van der Waals surface area contributed by atoms with Gasteiger partial charge in [0, 0.05) is 43.0 Å². The fraction of sp³-hybridized carbons (Fsp3) is 0.367. The van der Waals surface area contributed by atoms with E-state index in [0.717, 1.165) is 33.6 Å². The fourth-order valence-corrected chi connectivity index (χ4v) is 5.50. The normalized spacial score (nSPS) is 14.2. The predicted octanol–water partition coefficient (Wildman–Crippen LogP) is 5.42. The number of aromatic nitrogens is 2. The number of carbonyl (C=O) groups excluding carboxylic acids is 1. The summed E-state index contributed by atoms with van der Waals surface area (Å²) in [5.74, 6) is 0.903. The van der Waals surface area contributed by atoms with Crippen LogP contribution in [0.4, 0.5) is 5.82 Å². The molecule has 198 valence electrons. The van der Waals surface area contributed by atoms with Crippen LogP contribution in [0.3, 0.4) is 0 Å². The Morgan fingerprint density at radius 2 is 1.68 bits per heavy atom. The molecule has 0 radical (unpaired) electrons. The number of rotatable bonds is 8. The van der Waals surface area contributed by atoms with E-state index in [1.54, 1.807) is 25.2 Å². The average molecular weight is 531 g/mol. The Morgan fingerprint density at radius 1 is 1.00 bits per heavy atom. The van der Waals surface area contributed by atoms with Gasteiger partial charge in [-0.3, -0.25) is 4.79 Å². The van der Waals surface area contributed by atoms with Crippen molar-refractivity contribution in [2.24, 2.45) is 0 Å². The molecule has 3 heterocycles. The van der Waals surface area contributed by atoms with Crippen LogP contribution in [0.25, 0.3) is 21.3 Å². The molecule has 2 aromatic heterocycles. The van der Waals surface area contributed by atoms with Gasteiger partial charge in [0.05, 0.1) is 17.6 Å². The molecule has 4 aromatic rings. The van der Waals surface area contributed by atoms with Gasteiger partial charge in [-0.25, -0.2) is 0 Å². The Balaban J connectivity index is 1.29. The highest BCUT2D eigenvalue weighted by Gasteiger charge is 2.26. The van der Waals surface area contributed by atoms with E-state index in [-0.39, 0.29) is 5.91 Å². The van der Waals surface area contributed by atoms with E-state index in [1.165, 1.54) is 4.88 Å². The van der Waals surface area contributed by atoms with E-state index >= 15 is 0 Å². The number of hydrogen-bond acceptors (Lipinski definition) is 7. The molecule has 0 saturated carbocycles. The molecule has 1 amide bonds. The Morgan fingerprint density at radius 3 is 2.34 bits per heavy atom. The van der Waals surface area contributed by atoms with Gasteiger partial charge in [0.1, 0.15) is 10.6 Å². The topological polar surface area (TPSA) is 78.8 Å². The smallest absolute Gasteiger partial charge is 0.319 e. The van der Waals surface area contributed by atoms with Crippen molar-refractivity contribution in [3.8, 4) is 17.1 Å². The molecule has 0 aliphatic carbocycles. The van der Waals surface area contributed by atoms with Crippen LogP contribution in [0.1, 0.15) is 42.4 Å². The van der Waals surface area contributed by atoms with Gasteiger partial charge in [0.25, 0.3) is 5.91 Å².